The Morgan fingerprint density at radius 3 is 2.20 bits per heavy atom. The first kappa shape index (κ1) is 12.3. The third-order valence-corrected chi connectivity index (χ3v) is 2.48. The molecule has 0 amide bonds. The molecule has 0 aliphatic heterocycles. The molecular formula is C14H22O. The van der Waals surface area contributed by atoms with Crippen molar-refractivity contribution in [2.45, 2.75) is 45.6 Å². The van der Waals surface area contributed by atoms with Crippen molar-refractivity contribution < 1.29 is 4.74 Å². The summed E-state index contributed by atoms with van der Waals surface area (Å²) >= 11 is 0. The predicted octanol–water partition coefficient (Wildman–Crippen LogP) is 4.00. The standard InChI is InChI=1S/C14H22O/c1-5-12(11-15-14(2,3)4)13-9-7-6-8-10-13/h6-10,12H,5,11H2,1-4H3/t12-/m0/s1. The van der Waals surface area contributed by atoms with E-state index >= 15 is 0 Å². The van der Waals surface area contributed by atoms with E-state index in [1.165, 1.54) is 5.56 Å². The molecule has 0 saturated carbocycles. The molecule has 0 spiro atoms. The van der Waals surface area contributed by atoms with Crippen molar-refractivity contribution in [2.24, 2.45) is 0 Å². The van der Waals surface area contributed by atoms with Crippen LogP contribution >= 0.6 is 0 Å². The Kier molecular flexibility index (Phi) is 4.34. The highest BCUT2D eigenvalue weighted by atomic mass is 16.5. The molecule has 0 aliphatic rings. The van der Waals surface area contributed by atoms with E-state index in [-0.39, 0.29) is 5.60 Å². The molecule has 1 aromatic rings. The summed E-state index contributed by atoms with van der Waals surface area (Å²) in [5, 5.41) is 0. The molecule has 1 nitrogen and oxygen atoms in total. The van der Waals surface area contributed by atoms with Crippen molar-refractivity contribution in [3.8, 4) is 0 Å². The highest BCUT2D eigenvalue weighted by molar-refractivity contribution is 5.19. The SMILES string of the molecule is CC[C@@H](COC(C)(C)C)c1ccccc1. The van der Waals surface area contributed by atoms with Crippen LogP contribution in [0.1, 0.15) is 45.6 Å². The summed E-state index contributed by atoms with van der Waals surface area (Å²) in [7, 11) is 0. The highest BCUT2D eigenvalue weighted by Gasteiger charge is 2.15. The van der Waals surface area contributed by atoms with Gasteiger partial charge in [0.2, 0.25) is 0 Å². The van der Waals surface area contributed by atoms with Crippen LogP contribution < -0.4 is 0 Å². The van der Waals surface area contributed by atoms with E-state index in [0.29, 0.717) is 5.92 Å². The largest absolute Gasteiger partial charge is 0.375 e. The van der Waals surface area contributed by atoms with Gasteiger partial charge in [-0.15, -0.1) is 0 Å². The minimum Gasteiger partial charge on any atom is -0.375 e. The fraction of sp³-hybridized carbons (Fsp3) is 0.571. The first-order valence-electron chi connectivity index (χ1n) is 5.72. The van der Waals surface area contributed by atoms with Crippen LogP contribution in [0.25, 0.3) is 0 Å². The Bertz CT molecular complexity index is 271. The third-order valence-electron chi connectivity index (χ3n) is 2.48. The second-order valence-electron chi connectivity index (χ2n) is 4.94. The monoisotopic (exact) mass is 206 g/mol. The van der Waals surface area contributed by atoms with E-state index in [0.717, 1.165) is 13.0 Å². The summed E-state index contributed by atoms with van der Waals surface area (Å²) in [6.45, 7) is 9.33. The van der Waals surface area contributed by atoms with E-state index in [2.05, 4.69) is 58.0 Å². The fourth-order valence-corrected chi connectivity index (χ4v) is 1.53. The maximum absolute atomic E-state index is 5.84. The number of rotatable bonds is 4. The number of ether oxygens (including phenoxy) is 1. The molecule has 0 bridgehead atoms. The normalized spacial score (nSPS) is 13.9. The molecular weight excluding hydrogens is 184 g/mol. The van der Waals surface area contributed by atoms with Gasteiger partial charge >= 0.3 is 0 Å². The predicted molar refractivity (Wildman–Crippen MR) is 65.2 cm³/mol. The van der Waals surface area contributed by atoms with E-state index in [4.69, 9.17) is 4.74 Å². The maximum Gasteiger partial charge on any atom is 0.0598 e. The van der Waals surface area contributed by atoms with Crippen LogP contribution in [0.2, 0.25) is 0 Å². The average molecular weight is 206 g/mol. The van der Waals surface area contributed by atoms with Crippen LogP contribution in [0.4, 0.5) is 0 Å². The second-order valence-corrected chi connectivity index (χ2v) is 4.94. The van der Waals surface area contributed by atoms with Crippen molar-refractivity contribution in [2.75, 3.05) is 6.61 Å². The Morgan fingerprint density at radius 1 is 1.13 bits per heavy atom. The molecule has 0 radical (unpaired) electrons. The molecule has 0 aromatic heterocycles. The zero-order valence-corrected chi connectivity index (χ0v) is 10.3. The molecule has 1 atom stereocenters. The van der Waals surface area contributed by atoms with Gasteiger partial charge in [0.15, 0.2) is 0 Å². The van der Waals surface area contributed by atoms with Gasteiger partial charge in [0, 0.05) is 5.92 Å². The van der Waals surface area contributed by atoms with Crippen LogP contribution in [0.15, 0.2) is 30.3 Å². The summed E-state index contributed by atoms with van der Waals surface area (Å²) < 4.78 is 5.84. The Hall–Kier alpha value is -0.820. The smallest absolute Gasteiger partial charge is 0.0598 e. The van der Waals surface area contributed by atoms with Gasteiger partial charge in [-0.3, -0.25) is 0 Å². The summed E-state index contributed by atoms with van der Waals surface area (Å²) in [5.74, 6) is 0.519. The molecule has 1 aromatic carbocycles. The van der Waals surface area contributed by atoms with E-state index in [1.54, 1.807) is 0 Å². The van der Waals surface area contributed by atoms with Crippen LogP contribution in [-0.2, 0) is 4.74 Å². The van der Waals surface area contributed by atoms with Crippen molar-refractivity contribution in [1.29, 1.82) is 0 Å². The lowest BCUT2D eigenvalue weighted by atomic mass is 9.97. The Labute approximate surface area is 93.5 Å². The summed E-state index contributed by atoms with van der Waals surface area (Å²) in [5.41, 5.74) is 1.34. The van der Waals surface area contributed by atoms with Crippen LogP contribution in [0.5, 0.6) is 0 Å². The van der Waals surface area contributed by atoms with Crippen LogP contribution in [0, 0.1) is 0 Å². The Balaban J connectivity index is 2.58. The number of hydrogen-bond acceptors (Lipinski definition) is 1. The van der Waals surface area contributed by atoms with Crippen LogP contribution in [0.3, 0.4) is 0 Å². The zero-order chi connectivity index (χ0) is 11.3. The van der Waals surface area contributed by atoms with Gasteiger partial charge in [-0.1, -0.05) is 37.3 Å². The summed E-state index contributed by atoms with van der Waals surface area (Å²) in [4.78, 5) is 0. The van der Waals surface area contributed by atoms with Crippen molar-refractivity contribution >= 4 is 0 Å². The Morgan fingerprint density at radius 2 is 1.73 bits per heavy atom. The maximum atomic E-state index is 5.84. The third kappa shape index (κ3) is 4.48. The van der Waals surface area contributed by atoms with Crippen LogP contribution in [-0.4, -0.2) is 12.2 Å². The van der Waals surface area contributed by atoms with Gasteiger partial charge in [-0.25, -0.2) is 0 Å². The van der Waals surface area contributed by atoms with Gasteiger partial charge in [0.25, 0.3) is 0 Å². The topological polar surface area (TPSA) is 9.23 Å². The molecule has 0 heterocycles. The molecule has 0 unspecified atom stereocenters. The first-order chi connectivity index (χ1) is 7.03. The van der Waals surface area contributed by atoms with E-state index < -0.39 is 0 Å². The molecule has 1 heteroatoms. The van der Waals surface area contributed by atoms with E-state index in [9.17, 15) is 0 Å². The lowest BCUT2D eigenvalue weighted by Gasteiger charge is -2.24. The minimum absolute atomic E-state index is 0.0395. The zero-order valence-electron chi connectivity index (χ0n) is 10.3. The van der Waals surface area contributed by atoms with Gasteiger partial charge < -0.3 is 4.74 Å². The van der Waals surface area contributed by atoms with E-state index in [1.807, 2.05) is 0 Å². The first-order valence-corrected chi connectivity index (χ1v) is 5.72. The molecule has 84 valence electrons. The molecule has 0 N–H and O–H groups in total. The summed E-state index contributed by atoms with van der Waals surface area (Å²) in [6, 6.07) is 10.6. The van der Waals surface area contributed by atoms with Crippen molar-refractivity contribution in [1.82, 2.24) is 0 Å². The quantitative estimate of drug-likeness (QED) is 0.723. The lowest BCUT2D eigenvalue weighted by molar-refractivity contribution is -0.0112. The molecule has 15 heavy (non-hydrogen) atoms. The second kappa shape index (κ2) is 5.32. The van der Waals surface area contributed by atoms with Gasteiger partial charge in [-0.2, -0.15) is 0 Å². The highest BCUT2D eigenvalue weighted by Crippen LogP contribution is 2.21. The fourth-order valence-electron chi connectivity index (χ4n) is 1.53. The molecule has 0 aliphatic carbocycles. The number of hydrogen-bond donors (Lipinski definition) is 0. The molecule has 0 fully saturated rings. The van der Waals surface area contributed by atoms with Crippen molar-refractivity contribution in [3.05, 3.63) is 35.9 Å². The average Bonchev–Trinajstić information content (AvgIpc) is 2.19. The molecule has 0 saturated heterocycles. The lowest BCUT2D eigenvalue weighted by Crippen LogP contribution is -2.22. The van der Waals surface area contributed by atoms with Gasteiger partial charge in [0.05, 0.1) is 12.2 Å². The minimum atomic E-state index is -0.0395. The van der Waals surface area contributed by atoms with Gasteiger partial charge in [0.1, 0.15) is 0 Å². The van der Waals surface area contributed by atoms with Gasteiger partial charge in [-0.05, 0) is 32.8 Å². The van der Waals surface area contributed by atoms with Crippen molar-refractivity contribution in [3.63, 3.8) is 0 Å². The molecule has 1 rings (SSSR count). The summed E-state index contributed by atoms with van der Waals surface area (Å²) in [6.07, 6.45) is 1.13. The number of benzene rings is 1.